The molecule has 1 unspecified atom stereocenters. The van der Waals surface area contributed by atoms with Crippen molar-refractivity contribution in [3.05, 3.63) is 23.2 Å². The van der Waals surface area contributed by atoms with Crippen LogP contribution in [0.1, 0.15) is 20.3 Å². The predicted molar refractivity (Wildman–Crippen MR) is 77.9 cm³/mol. The lowest BCUT2D eigenvalue weighted by Gasteiger charge is -2.14. The predicted octanol–water partition coefficient (Wildman–Crippen LogP) is 3.17. The molecule has 1 rings (SSSR count). The number of halogens is 1. The van der Waals surface area contributed by atoms with Gasteiger partial charge >= 0.3 is 0 Å². The summed E-state index contributed by atoms with van der Waals surface area (Å²) in [6, 6.07) is 5.01. The van der Waals surface area contributed by atoms with Crippen LogP contribution in [0.5, 0.6) is 0 Å². The van der Waals surface area contributed by atoms with Crippen LogP contribution in [0.2, 0.25) is 5.02 Å². The Morgan fingerprint density at radius 1 is 1.39 bits per heavy atom. The van der Waals surface area contributed by atoms with Gasteiger partial charge in [0.2, 0.25) is 10.0 Å². The smallest absolute Gasteiger partial charge is 0.229 e. The molecule has 1 atom stereocenters. The highest BCUT2D eigenvalue weighted by molar-refractivity contribution is 7.92. The van der Waals surface area contributed by atoms with Gasteiger partial charge in [0.25, 0.3) is 0 Å². The molecule has 18 heavy (non-hydrogen) atoms. The quantitative estimate of drug-likeness (QED) is 0.846. The van der Waals surface area contributed by atoms with Gasteiger partial charge in [-0.15, -0.1) is 0 Å². The summed E-state index contributed by atoms with van der Waals surface area (Å²) >= 11 is 6.05. The average Bonchev–Trinajstić information content (AvgIpc) is 2.27. The molecule has 2 N–H and O–H groups in total. The highest BCUT2D eigenvalue weighted by Gasteiger charge is 2.06. The Balaban J connectivity index is 2.81. The minimum Gasteiger partial charge on any atom is -0.384 e. The van der Waals surface area contributed by atoms with Gasteiger partial charge < -0.3 is 5.32 Å². The summed E-state index contributed by atoms with van der Waals surface area (Å²) in [6.07, 6.45) is 2.19. The molecule has 0 aliphatic rings. The van der Waals surface area contributed by atoms with Gasteiger partial charge in [0, 0.05) is 6.54 Å². The first kappa shape index (κ1) is 15.1. The maximum atomic E-state index is 11.1. The van der Waals surface area contributed by atoms with Crippen LogP contribution < -0.4 is 10.0 Å². The Labute approximate surface area is 114 Å². The van der Waals surface area contributed by atoms with Gasteiger partial charge in [-0.25, -0.2) is 8.42 Å². The van der Waals surface area contributed by atoms with E-state index in [9.17, 15) is 8.42 Å². The highest BCUT2D eigenvalue weighted by Crippen LogP contribution is 2.26. The van der Waals surface area contributed by atoms with Gasteiger partial charge in [-0.2, -0.15) is 0 Å². The van der Waals surface area contributed by atoms with Crippen molar-refractivity contribution in [2.75, 3.05) is 22.8 Å². The molecule has 1 aromatic rings. The van der Waals surface area contributed by atoms with E-state index in [1.54, 1.807) is 18.2 Å². The minimum absolute atomic E-state index is 0.508. The van der Waals surface area contributed by atoms with Crippen molar-refractivity contribution in [3.63, 3.8) is 0 Å². The molecule has 6 heteroatoms. The SMILES string of the molecule is CCC(C)CNc1cc(NS(C)(=O)=O)ccc1Cl. The lowest BCUT2D eigenvalue weighted by atomic mass is 10.1. The van der Waals surface area contributed by atoms with Crippen LogP contribution in [-0.2, 0) is 10.0 Å². The van der Waals surface area contributed by atoms with Gasteiger partial charge in [-0.1, -0.05) is 31.9 Å². The summed E-state index contributed by atoms with van der Waals surface area (Å²) in [5.41, 5.74) is 1.25. The molecule has 0 aliphatic carbocycles. The zero-order valence-corrected chi connectivity index (χ0v) is 12.4. The molecular weight excluding hydrogens is 272 g/mol. The van der Waals surface area contributed by atoms with Crippen molar-refractivity contribution >= 4 is 33.0 Å². The molecule has 102 valence electrons. The Hall–Kier alpha value is -0.940. The first-order valence-electron chi connectivity index (χ1n) is 5.83. The minimum atomic E-state index is -3.26. The molecule has 4 nitrogen and oxygen atoms in total. The fourth-order valence-corrected chi connectivity index (χ4v) is 2.11. The average molecular weight is 291 g/mol. The summed E-state index contributed by atoms with van der Waals surface area (Å²) in [6.45, 7) is 5.06. The molecule has 0 amide bonds. The molecule has 0 saturated heterocycles. The molecule has 0 heterocycles. The van der Waals surface area contributed by atoms with Crippen LogP contribution in [0.3, 0.4) is 0 Å². The Morgan fingerprint density at radius 2 is 2.06 bits per heavy atom. The van der Waals surface area contributed by atoms with Gasteiger partial charge in [0.05, 0.1) is 22.7 Å². The molecule has 0 aromatic heterocycles. The summed E-state index contributed by atoms with van der Waals surface area (Å²) in [4.78, 5) is 0. The zero-order valence-electron chi connectivity index (χ0n) is 10.8. The fourth-order valence-electron chi connectivity index (χ4n) is 1.37. The number of anilines is 2. The molecule has 0 radical (unpaired) electrons. The van der Waals surface area contributed by atoms with Crippen molar-refractivity contribution in [2.24, 2.45) is 5.92 Å². The third kappa shape index (κ3) is 5.14. The first-order chi connectivity index (χ1) is 8.31. The molecular formula is C12H19ClN2O2S. The van der Waals surface area contributed by atoms with Crippen molar-refractivity contribution in [2.45, 2.75) is 20.3 Å². The van der Waals surface area contributed by atoms with E-state index < -0.39 is 10.0 Å². The highest BCUT2D eigenvalue weighted by atomic mass is 35.5. The van der Waals surface area contributed by atoms with Crippen LogP contribution in [-0.4, -0.2) is 21.2 Å². The molecule has 0 bridgehead atoms. The second kappa shape index (κ2) is 6.29. The Bertz CT molecular complexity index is 503. The van der Waals surface area contributed by atoms with Crippen molar-refractivity contribution in [3.8, 4) is 0 Å². The fraction of sp³-hybridized carbons (Fsp3) is 0.500. The van der Waals surface area contributed by atoms with Crippen molar-refractivity contribution in [1.82, 2.24) is 0 Å². The molecule has 0 fully saturated rings. The van der Waals surface area contributed by atoms with E-state index in [4.69, 9.17) is 11.6 Å². The summed E-state index contributed by atoms with van der Waals surface area (Å²) in [5.74, 6) is 0.535. The lowest BCUT2D eigenvalue weighted by Crippen LogP contribution is -2.12. The zero-order chi connectivity index (χ0) is 13.8. The number of nitrogens with one attached hydrogen (secondary N) is 2. The van der Waals surface area contributed by atoms with Gasteiger partial charge in [-0.05, 0) is 24.1 Å². The number of sulfonamides is 1. The van der Waals surface area contributed by atoms with Crippen LogP contribution in [0.15, 0.2) is 18.2 Å². The number of hydrogen-bond donors (Lipinski definition) is 2. The number of rotatable bonds is 6. The standard InChI is InChI=1S/C12H19ClN2O2S/c1-4-9(2)8-14-12-7-10(5-6-11(12)13)15-18(3,16)17/h5-7,9,14-15H,4,8H2,1-3H3. The van der Waals surface area contributed by atoms with E-state index in [1.165, 1.54) is 0 Å². The third-order valence-corrected chi connectivity index (χ3v) is 3.54. The van der Waals surface area contributed by atoms with E-state index in [0.29, 0.717) is 16.6 Å². The topological polar surface area (TPSA) is 58.2 Å². The Kier molecular flexibility index (Phi) is 5.28. The molecule has 1 aromatic carbocycles. The molecule has 0 aliphatic heterocycles. The van der Waals surface area contributed by atoms with E-state index in [1.807, 2.05) is 0 Å². The maximum Gasteiger partial charge on any atom is 0.229 e. The summed E-state index contributed by atoms with van der Waals surface area (Å²) < 4.78 is 24.7. The van der Waals surface area contributed by atoms with E-state index in [2.05, 4.69) is 23.9 Å². The largest absolute Gasteiger partial charge is 0.384 e. The van der Waals surface area contributed by atoms with Crippen molar-refractivity contribution in [1.29, 1.82) is 0 Å². The van der Waals surface area contributed by atoms with Crippen molar-refractivity contribution < 1.29 is 8.42 Å². The maximum absolute atomic E-state index is 11.1. The summed E-state index contributed by atoms with van der Waals surface area (Å²) in [5, 5.41) is 3.80. The second-order valence-corrected chi connectivity index (χ2v) is 6.62. The third-order valence-electron chi connectivity index (χ3n) is 2.61. The summed E-state index contributed by atoms with van der Waals surface area (Å²) in [7, 11) is -3.26. The van der Waals surface area contributed by atoms with Gasteiger partial charge in [-0.3, -0.25) is 4.72 Å². The monoisotopic (exact) mass is 290 g/mol. The molecule has 0 saturated carbocycles. The normalized spacial score (nSPS) is 13.1. The van der Waals surface area contributed by atoms with E-state index in [0.717, 1.165) is 24.9 Å². The van der Waals surface area contributed by atoms with Crippen LogP contribution >= 0.6 is 11.6 Å². The molecule has 0 spiro atoms. The Morgan fingerprint density at radius 3 is 2.61 bits per heavy atom. The van der Waals surface area contributed by atoms with Gasteiger partial charge in [0.1, 0.15) is 0 Å². The van der Waals surface area contributed by atoms with Crippen LogP contribution in [0, 0.1) is 5.92 Å². The second-order valence-electron chi connectivity index (χ2n) is 4.46. The van der Waals surface area contributed by atoms with E-state index in [-0.39, 0.29) is 0 Å². The van der Waals surface area contributed by atoms with E-state index >= 15 is 0 Å². The van der Waals surface area contributed by atoms with Gasteiger partial charge in [0.15, 0.2) is 0 Å². The lowest BCUT2D eigenvalue weighted by molar-refractivity contribution is 0.593. The van der Waals surface area contributed by atoms with Crippen LogP contribution in [0.25, 0.3) is 0 Å². The number of hydrogen-bond acceptors (Lipinski definition) is 3. The number of benzene rings is 1. The van der Waals surface area contributed by atoms with Crippen LogP contribution in [0.4, 0.5) is 11.4 Å². The first-order valence-corrected chi connectivity index (χ1v) is 8.10.